The first kappa shape index (κ1) is 14.6. The van der Waals surface area contributed by atoms with Crippen molar-refractivity contribution < 1.29 is 0 Å². The Morgan fingerprint density at radius 3 is 2.38 bits per heavy atom. The molecule has 3 rings (SSSR count). The molecule has 21 heavy (non-hydrogen) atoms. The van der Waals surface area contributed by atoms with Gasteiger partial charge in [-0.3, -0.25) is 4.90 Å². The van der Waals surface area contributed by atoms with E-state index in [0.717, 1.165) is 11.3 Å². The van der Waals surface area contributed by atoms with Crippen molar-refractivity contribution in [3.8, 4) is 0 Å². The molecule has 1 aliphatic rings. The lowest BCUT2D eigenvalue weighted by molar-refractivity contribution is 0.123. The summed E-state index contributed by atoms with van der Waals surface area (Å²) in [4.78, 5) is 11.1. The van der Waals surface area contributed by atoms with Gasteiger partial charge in [0.05, 0.1) is 17.1 Å². The van der Waals surface area contributed by atoms with Crippen molar-refractivity contribution in [1.29, 1.82) is 0 Å². The molecule has 1 aromatic heterocycles. The molecule has 1 atom stereocenters. The molecule has 0 saturated carbocycles. The predicted molar refractivity (Wildman–Crippen MR) is 88.6 cm³/mol. The molecule has 114 valence electrons. The van der Waals surface area contributed by atoms with E-state index in [9.17, 15) is 0 Å². The van der Waals surface area contributed by atoms with Crippen LogP contribution in [0, 0.1) is 19.8 Å². The molecule has 1 unspecified atom stereocenters. The van der Waals surface area contributed by atoms with Crippen molar-refractivity contribution in [2.75, 3.05) is 13.1 Å². The molecule has 1 fully saturated rings. The maximum absolute atomic E-state index is 4.91. The monoisotopic (exact) mass is 285 g/mol. The van der Waals surface area contributed by atoms with E-state index in [1.807, 2.05) is 0 Å². The van der Waals surface area contributed by atoms with E-state index in [4.69, 9.17) is 4.98 Å². The minimum Gasteiger partial charge on any atom is -0.341 e. The predicted octanol–water partition coefficient (Wildman–Crippen LogP) is 4.36. The maximum atomic E-state index is 4.91. The van der Waals surface area contributed by atoms with Gasteiger partial charge >= 0.3 is 0 Å². The van der Waals surface area contributed by atoms with Crippen LogP contribution in [0.1, 0.15) is 56.1 Å². The third-order valence-corrected chi connectivity index (χ3v) is 4.81. The van der Waals surface area contributed by atoms with Crippen molar-refractivity contribution in [3.63, 3.8) is 0 Å². The summed E-state index contributed by atoms with van der Waals surface area (Å²) < 4.78 is 0. The van der Waals surface area contributed by atoms with Gasteiger partial charge in [0.1, 0.15) is 5.82 Å². The molecular weight excluding hydrogens is 258 g/mol. The third-order valence-electron chi connectivity index (χ3n) is 4.81. The van der Waals surface area contributed by atoms with Crippen LogP contribution in [0.5, 0.6) is 0 Å². The zero-order valence-corrected chi connectivity index (χ0v) is 13.7. The molecule has 0 aliphatic carbocycles. The Bertz CT molecular complexity index is 582. The SMILES string of the molecule is Cc1cc2nc(C(C(C)C)N3CCCCC3)[nH]c2cc1C. The molecule has 2 aromatic rings. The van der Waals surface area contributed by atoms with Gasteiger partial charge in [0.25, 0.3) is 0 Å². The highest BCUT2D eigenvalue weighted by atomic mass is 15.2. The first-order chi connectivity index (χ1) is 10.1. The summed E-state index contributed by atoms with van der Waals surface area (Å²) in [6, 6.07) is 4.85. The van der Waals surface area contributed by atoms with Crippen LogP contribution in [0.2, 0.25) is 0 Å². The number of hydrogen-bond donors (Lipinski definition) is 1. The molecule has 3 heteroatoms. The van der Waals surface area contributed by atoms with Crippen molar-refractivity contribution in [1.82, 2.24) is 14.9 Å². The molecule has 3 nitrogen and oxygen atoms in total. The van der Waals surface area contributed by atoms with Gasteiger partial charge < -0.3 is 4.98 Å². The summed E-state index contributed by atoms with van der Waals surface area (Å²) in [5.41, 5.74) is 4.93. The lowest BCUT2D eigenvalue weighted by Gasteiger charge is -2.35. The molecule has 1 N–H and O–H groups in total. The van der Waals surface area contributed by atoms with Gasteiger partial charge in [-0.25, -0.2) is 4.98 Å². The number of piperidine rings is 1. The fourth-order valence-corrected chi connectivity index (χ4v) is 3.54. The second kappa shape index (κ2) is 5.80. The van der Waals surface area contributed by atoms with Crippen LogP contribution in [0.15, 0.2) is 12.1 Å². The Labute approximate surface area is 127 Å². The number of nitrogens with zero attached hydrogens (tertiary/aromatic N) is 2. The fourth-order valence-electron chi connectivity index (χ4n) is 3.54. The molecule has 0 bridgehead atoms. The zero-order valence-electron chi connectivity index (χ0n) is 13.7. The highest BCUT2D eigenvalue weighted by molar-refractivity contribution is 5.77. The molecule has 1 aromatic carbocycles. The molecule has 0 spiro atoms. The van der Waals surface area contributed by atoms with Gasteiger partial charge in [-0.1, -0.05) is 20.3 Å². The fraction of sp³-hybridized carbons (Fsp3) is 0.611. The van der Waals surface area contributed by atoms with E-state index in [0.29, 0.717) is 12.0 Å². The number of nitrogens with one attached hydrogen (secondary N) is 1. The minimum atomic E-state index is 0.415. The summed E-state index contributed by atoms with van der Waals surface area (Å²) >= 11 is 0. The molecule has 0 amide bonds. The summed E-state index contributed by atoms with van der Waals surface area (Å²) in [6.07, 6.45) is 4.02. The van der Waals surface area contributed by atoms with Crippen LogP contribution in [0.3, 0.4) is 0 Å². The Hall–Kier alpha value is -1.35. The standard InChI is InChI=1S/C18H27N3/c1-12(2)17(21-8-6-5-7-9-21)18-19-15-10-13(3)14(4)11-16(15)20-18/h10-12,17H,5-9H2,1-4H3,(H,19,20). The van der Waals surface area contributed by atoms with Crippen molar-refractivity contribution >= 4 is 11.0 Å². The Balaban J connectivity index is 1.98. The molecule has 1 aliphatic heterocycles. The quantitative estimate of drug-likeness (QED) is 0.908. The highest BCUT2D eigenvalue weighted by Gasteiger charge is 2.27. The number of fused-ring (bicyclic) bond motifs is 1. The van der Waals surface area contributed by atoms with Crippen molar-refractivity contribution in [3.05, 3.63) is 29.1 Å². The van der Waals surface area contributed by atoms with Crippen LogP contribution in [0.4, 0.5) is 0 Å². The first-order valence-corrected chi connectivity index (χ1v) is 8.27. The number of benzene rings is 1. The maximum Gasteiger partial charge on any atom is 0.124 e. The number of hydrogen-bond acceptors (Lipinski definition) is 2. The van der Waals surface area contributed by atoms with Gasteiger partial charge in [0.15, 0.2) is 0 Å². The van der Waals surface area contributed by atoms with E-state index in [1.54, 1.807) is 0 Å². The van der Waals surface area contributed by atoms with Gasteiger partial charge in [-0.2, -0.15) is 0 Å². The van der Waals surface area contributed by atoms with Crippen LogP contribution in [-0.2, 0) is 0 Å². The Morgan fingerprint density at radius 2 is 1.71 bits per heavy atom. The van der Waals surface area contributed by atoms with Crippen LogP contribution >= 0.6 is 0 Å². The second-order valence-corrected chi connectivity index (χ2v) is 6.86. The van der Waals surface area contributed by atoms with E-state index in [2.05, 4.69) is 49.7 Å². The van der Waals surface area contributed by atoms with Crippen molar-refractivity contribution in [2.24, 2.45) is 5.92 Å². The Morgan fingerprint density at radius 1 is 1.05 bits per heavy atom. The number of aromatic amines is 1. The summed E-state index contributed by atoms with van der Waals surface area (Å²) in [5, 5.41) is 0. The molecule has 1 saturated heterocycles. The van der Waals surface area contributed by atoms with E-state index in [-0.39, 0.29) is 0 Å². The largest absolute Gasteiger partial charge is 0.341 e. The lowest BCUT2D eigenvalue weighted by Crippen LogP contribution is -2.36. The van der Waals surface area contributed by atoms with Crippen LogP contribution < -0.4 is 0 Å². The van der Waals surface area contributed by atoms with E-state index >= 15 is 0 Å². The summed E-state index contributed by atoms with van der Waals surface area (Å²) in [6.45, 7) is 11.4. The topological polar surface area (TPSA) is 31.9 Å². The van der Waals surface area contributed by atoms with Crippen LogP contribution in [0.25, 0.3) is 11.0 Å². The van der Waals surface area contributed by atoms with Gasteiger partial charge in [0, 0.05) is 0 Å². The first-order valence-electron chi connectivity index (χ1n) is 8.27. The van der Waals surface area contributed by atoms with Gasteiger partial charge in [-0.05, 0) is 69.0 Å². The van der Waals surface area contributed by atoms with Crippen LogP contribution in [-0.4, -0.2) is 28.0 Å². The molecular formula is C18H27N3. The number of rotatable bonds is 3. The molecule has 0 radical (unpaired) electrons. The number of likely N-dealkylation sites (tertiary alicyclic amines) is 1. The number of H-pyrrole nitrogens is 1. The normalized spacial score (nSPS) is 18.5. The third kappa shape index (κ3) is 2.84. The second-order valence-electron chi connectivity index (χ2n) is 6.86. The number of imidazole rings is 1. The average Bonchev–Trinajstić information content (AvgIpc) is 2.82. The summed E-state index contributed by atoms with van der Waals surface area (Å²) in [5.74, 6) is 1.72. The molecule has 2 heterocycles. The Kier molecular flexibility index (Phi) is 4.03. The van der Waals surface area contributed by atoms with Gasteiger partial charge in [-0.15, -0.1) is 0 Å². The highest BCUT2D eigenvalue weighted by Crippen LogP contribution is 2.31. The van der Waals surface area contributed by atoms with E-state index < -0.39 is 0 Å². The smallest absolute Gasteiger partial charge is 0.124 e. The lowest BCUT2D eigenvalue weighted by atomic mass is 9.99. The van der Waals surface area contributed by atoms with E-state index in [1.165, 1.54) is 49.0 Å². The van der Waals surface area contributed by atoms with Crippen molar-refractivity contribution in [2.45, 2.75) is 53.0 Å². The number of aryl methyl sites for hydroxylation is 2. The minimum absolute atomic E-state index is 0.415. The van der Waals surface area contributed by atoms with Gasteiger partial charge in [0.2, 0.25) is 0 Å². The summed E-state index contributed by atoms with van der Waals surface area (Å²) in [7, 11) is 0. The zero-order chi connectivity index (χ0) is 15.0. The average molecular weight is 285 g/mol. The number of aromatic nitrogens is 2.